The van der Waals surface area contributed by atoms with E-state index in [0.29, 0.717) is 13.1 Å². The van der Waals surface area contributed by atoms with E-state index in [-0.39, 0.29) is 5.91 Å². The molecule has 5 nitrogen and oxygen atoms in total. The van der Waals surface area contributed by atoms with E-state index in [1.807, 2.05) is 53.4 Å². The summed E-state index contributed by atoms with van der Waals surface area (Å²) in [5.74, 6) is 0.882. The van der Waals surface area contributed by atoms with Gasteiger partial charge in [0.15, 0.2) is 0 Å². The van der Waals surface area contributed by atoms with Crippen LogP contribution in [0, 0.1) is 0 Å². The van der Waals surface area contributed by atoms with Crippen molar-refractivity contribution in [3.05, 3.63) is 96.5 Å². The third-order valence-corrected chi connectivity index (χ3v) is 5.56. The molecule has 0 N–H and O–H groups in total. The lowest BCUT2D eigenvalue weighted by atomic mass is 10.2. The van der Waals surface area contributed by atoms with Gasteiger partial charge in [0.2, 0.25) is 5.91 Å². The Morgan fingerprint density at radius 2 is 1.55 bits per heavy atom. The first-order valence-corrected chi connectivity index (χ1v) is 10.8. The summed E-state index contributed by atoms with van der Waals surface area (Å²) < 4.78 is 5.49. The Kier molecular flexibility index (Phi) is 7.32. The van der Waals surface area contributed by atoms with Crippen molar-refractivity contribution in [3.8, 4) is 0 Å². The molecule has 5 heteroatoms. The molecule has 0 atom stereocenters. The molecule has 0 aliphatic carbocycles. The molecule has 2 aromatic carbocycles. The monoisotopic (exact) mass is 415 g/mol. The van der Waals surface area contributed by atoms with Gasteiger partial charge in [0.05, 0.1) is 19.4 Å². The largest absolute Gasteiger partial charge is 0.467 e. The number of rotatable bonds is 8. The van der Waals surface area contributed by atoms with Crippen LogP contribution in [0.2, 0.25) is 0 Å². The molecular weight excluding hydrogens is 386 g/mol. The van der Waals surface area contributed by atoms with Crippen LogP contribution in [0.15, 0.2) is 89.6 Å². The molecule has 0 bridgehead atoms. The summed E-state index contributed by atoms with van der Waals surface area (Å²) >= 11 is 0. The molecule has 1 aliphatic heterocycles. The van der Waals surface area contributed by atoms with E-state index in [4.69, 9.17) is 4.42 Å². The first-order chi connectivity index (χ1) is 15.3. The average Bonchev–Trinajstić information content (AvgIpc) is 3.33. The minimum absolute atomic E-state index is 0.0972. The second-order valence-corrected chi connectivity index (χ2v) is 7.78. The average molecular weight is 416 g/mol. The van der Waals surface area contributed by atoms with Gasteiger partial charge >= 0.3 is 0 Å². The van der Waals surface area contributed by atoms with Crippen LogP contribution in [0.3, 0.4) is 0 Å². The summed E-state index contributed by atoms with van der Waals surface area (Å²) in [5, 5.41) is 0. The second-order valence-electron chi connectivity index (χ2n) is 7.78. The Labute approximate surface area is 184 Å². The van der Waals surface area contributed by atoms with Crippen molar-refractivity contribution < 1.29 is 9.21 Å². The number of hydrogen-bond acceptors (Lipinski definition) is 4. The molecule has 1 amide bonds. The third kappa shape index (κ3) is 6.17. The summed E-state index contributed by atoms with van der Waals surface area (Å²) in [6.07, 6.45) is 6.04. The fourth-order valence-corrected chi connectivity index (χ4v) is 3.80. The van der Waals surface area contributed by atoms with Crippen LogP contribution >= 0.6 is 0 Å². The highest BCUT2D eigenvalue weighted by molar-refractivity contribution is 5.94. The zero-order valence-electron chi connectivity index (χ0n) is 17.8. The van der Waals surface area contributed by atoms with Crippen molar-refractivity contribution in [1.29, 1.82) is 0 Å². The Hall–Kier alpha value is -3.15. The number of para-hydroxylation sites is 1. The lowest BCUT2D eigenvalue weighted by Crippen LogP contribution is -2.50. The van der Waals surface area contributed by atoms with E-state index < -0.39 is 0 Å². The zero-order valence-corrected chi connectivity index (χ0v) is 17.8. The van der Waals surface area contributed by atoms with E-state index in [9.17, 15) is 4.79 Å². The van der Waals surface area contributed by atoms with Crippen molar-refractivity contribution in [2.45, 2.75) is 6.54 Å². The van der Waals surface area contributed by atoms with Crippen molar-refractivity contribution in [2.75, 3.05) is 44.2 Å². The van der Waals surface area contributed by atoms with Crippen LogP contribution in [-0.2, 0) is 11.3 Å². The van der Waals surface area contributed by atoms with E-state index in [1.165, 1.54) is 5.56 Å². The summed E-state index contributed by atoms with van der Waals surface area (Å²) in [7, 11) is 0. The van der Waals surface area contributed by atoms with E-state index in [2.05, 4.69) is 46.2 Å². The summed E-state index contributed by atoms with van der Waals surface area (Å²) in [4.78, 5) is 19.7. The Balaban J connectivity index is 1.29. The lowest BCUT2D eigenvalue weighted by molar-refractivity contribution is -0.120. The molecule has 4 rings (SSSR count). The van der Waals surface area contributed by atoms with Crippen molar-refractivity contribution in [1.82, 2.24) is 9.80 Å². The Morgan fingerprint density at radius 1 is 0.871 bits per heavy atom. The second kappa shape index (κ2) is 10.8. The predicted octanol–water partition coefficient (Wildman–Crippen LogP) is 4.14. The van der Waals surface area contributed by atoms with Gasteiger partial charge in [-0.15, -0.1) is 0 Å². The SMILES string of the molecule is O=C(CN1CCN(C/C=C/c2ccccc2)CC1)N(Cc1ccco1)c1ccccc1. The number of furan rings is 1. The number of benzene rings is 2. The molecule has 0 unspecified atom stereocenters. The Morgan fingerprint density at radius 3 is 2.23 bits per heavy atom. The summed E-state index contributed by atoms with van der Waals surface area (Å²) in [6.45, 7) is 5.53. The molecule has 0 radical (unpaired) electrons. The van der Waals surface area contributed by atoms with Gasteiger partial charge in [0.1, 0.15) is 5.76 Å². The maximum absolute atomic E-state index is 13.2. The van der Waals surface area contributed by atoms with Crippen molar-refractivity contribution in [2.24, 2.45) is 0 Å². The summed E-state index contributed by atoms with van der Waals surface area (Å²) in [5.41, 5.74) is 2.12. The van der Waals surface area contributed by atoms with Crippen molar-refractivity contribution >= 4 is 17.7 Å². The van der Waals surface area contributed by atoms with Gasteiger partial charge in [0, 0.05) is 38.4 Å². The Bertz CT molecular complexity index is 947. The maximum atomic E-state index is 13.2. The first-order valence-electron chi connectivity index (χ1n) is 10.8. The van der Waals surface area contributed by atoms with E-state index in [0.717, 1.165) is 44.2 Å². The number of carbonyl (C=O) groups is 1. The van der Waals surface area contributed by atoms with Crippen LogP contribution in [0.1, 0.15) is 11.3 Å². The molecule has 2 heterocycles. The maximum Gasteiger partial charge on any atom is 0.241 e. The van der Waals surface area contributed by atoms with Gasteiger partial charge in [-0.3, -0.25) is 14.6 Å². The highest BCUT2D eigenvalue weighted by atomic mass is 16.3. The van der Waals surface area contributed by atoms with Crippen molar-refractivity contribution in [3.63, 3.8) is 0 Å². The number of hydrogen-bond donors (Lipinski definition) is 0. The molecule has 0 saturated carbocycles. The van der Waals surface area contributed by atoms with Crippen LogP contribution in [0.25, 0.3) is 6.08 Å². The van der Waals surface area contributed by atoms with E-state index >= 15 is 0 Å². The molecule has 3 aromatic rings. The third-order valence-electron chi connectivity index (χ3n) is 5.56. The molecule has 160 valence electrons. The quantitative estimate of drug-likeness (QED) is 0.554. The van der Waals surface area contributed by atoms with Crippen LogP contribution in [-0.4, -0.2) is 55.0 Å². The van der Waals surface area contributed by atoms with Gasteiger partial charge in [-0.1, -0.05) is 60.7 Å². The highest BCUT2D eigenvalue weighted by Gasteiger charge is 2.23. The smallest absolute Gasteiger partial charge is 0.241 e. The van der Waals surface area contributed by atoms with Crippen LogP contribution < -0.4 is 4.90 Å². The highest BCUT2D eigenvalue weighted by Crippen LogP contribution is 2.18. The summed E-state index contributed by atoms with van der Waals surface area (Å²) in [6, 6.07) is 24.0. The number of piperazine rings is 1. The molecular formula is C26H29N3O2. The van der Waals surface area contributed by atoms with Gasteiger partial charge in [-0.05, 0) is 29.8 Å². The van der Waals surface area contributed by atoms with Gasteiger partial charge in [-0.2, -0.15) is 0 Å². The standard InChI is InChI=1S/C26H29N3O2/c30-26(29(21-25-14-8-20-31-25)24-12-5-2-6-13-24)22-28-18-16-27(17-19-28)15-7-11-23-9-3-1-4-10-23/h1-14,20H,15-19,21-22H2/b11-7+. The zero-order chi connectivity index (χ0) is 21.3. The van der Waals surface area contributed by atoms with Gasteiger partial charge in [-0.25, -0.2) is 0 Å². The van der Waals surface area contributed by atoms with Crippen LogP contribution in [0.5, 0.6) is 0 Å². The minimum atomic E-state index is 0.0972. The van der Waals surface area contributed by atoms with Crippen LogP contribution in [0.4, 0.5) is 5.69 Å². The topological polar surface area (TPSA) is 39.9 Å². The number of carbonyl (C=O) groups excluding carboxylic acids is 1. The number of nitrogens with zero attached hydrogens (tertiary/aromatic N) is 3. The van der Waals surface area contributed by atoms with E-state index in [1.54, 1.807) is 6.26 Å². The molecule has 0 spiro atoms. The number of anilines is 1. The van der Waals surface area contributed by atoms with Gasteiger partial charge in [0.25, 0.3) is 0 Å². The first kappa shape index (κ1) is 21.1. The fourth-order valence-electron chi connectivity index (χ4n) is 3.80. The molecule has 1 saturated heterocycles. The van der Waals surface area contributed by atoms with Gasteiger partial charge < -0.3 is 9.32 Å². The minimum Gasteiger partial charge on any atom is -0.467 e. The molecule has 1 aromatic heterocycles. The number of amides is 1. The molecule has 31 heavy (non-hydrogen) atoms. The molecule has 1 aliphatic rings. The normalized spacial score (nSPS) is 15.4. The lowest BCUT2D eigenvalue weighted by Gasteiger charge is -2.34. The fraction of sp³-hybridized carbons (Fsp3) is 0.269. The molecule has 1 fully saturated rings. The predicted molar refractivity (Wildman–Crippen MR) is 125 cm³/mol.